The molecule has 0 aliphatic rings. The average Bonchev–Trinajstić information content (AvgIpc) is 2.45. The second-order valence-electron chi connectivity index (χ2n) is 4.64. The number of hydrogen-bond acceptors (Lipinski definition) is 2. The van der Waals surface area contributed by atoms with E-state index in [-0.39, 0.29) is 0 Å². The van der Waals surface area contributed by atoms with Gasteiger partial charge >= 0.3 is 0 Å². The first-order chi connectivity index (χ1) is 9.22. The lowest BCUT2D eigenvalue weighted by atomic mass is 10.1. The molecule has 1 atom stereocenters. The second kappa shape index (κ2) is 6.69. The number of fused-ring (bicyclic) bond motifs is 1. The van der Waals surface area contributed by atoms with Crippen molar-refractivity contribution in [3.63, 3.8) is 0 Å². The third kappa shape index (κ3) is 3.55. The molecule has 0 saturated heterocycles. The van der Waals surface area contributed by atoms with Gasteiger partial charge in [0.1, 0.15) is 0 Å². The van der Waals surface area contributed by atoms with Gasteiger partial charge in [0, 0.05) is 23.2 Å². The molecule has 2 rings (SSSR count). The first-order valence-electron chi connectivity index (χ1n) is 6.67. The van der Waals surface area contributed by atoms with Gasteiger partial charge in [-0.3, -0.25) is 4.98 Å². The fourth-order valence-corrected chi connectivity index (χ4v) is 2.20. The van der Waals surface area contributed by atoms with Gasteiger partial charge in [0.25, 0.3) is 0 Å². The van der Waals surface area contributed by atoms with E-state index in [4.69, 9.17) is 11.6 Å². The zero-order valence-electron chi connectivity index (χ0n) is 11.4. The zero-order chi connectivity index (χ0) is 13.7. The Kier molecular flexibility index (Phi) is 4.94. The molecule has 2 nitrogen and oxygen atoms in total. The van der Waals surface area contributed by atoms with E-state index >= 15 is 0 Å². The molecule has 0 spiro atoms. The van der Waals surface area contributed by atoms with Crippen molar-refractivity contribution in [2.45, 2.75) is 26.3 Å². The van der Waals surface area contributed by atoms with Crippen LogP contribution in [-0.2, 0) is 0 Å². The Hall–Kier alpha value is -1.38. The van der Waals surface area contributed by atoms with Crippen LogP contribution in [-0.4, -0.2) is 17.6 Å². The maximum atomic E-state index is 6.18. The lowest BCUT2D eigenvalue weighted by Gasteiger charge is -2.08. The summed E-state index contributed by atoms with van der Waals surface area (Å²) in [5, 5.41) is 5.18. The zero-order valence-corrected chi connectivity index (χ0v) is 12.1. The van der Waals surface area contributed by atoms with Crippen LogP contribution < -0.4 is 5.32 Å². The molecule has 1 aromatic heterocycles. The minimum Gasteiger partial charge on any atom is -0.311 e. The fraction of sp³-hybridized carbons (Fsp3) is 0.312. The number of pyridine rings is 1. The largest absolute Gasteiger partial charge is 0.311 e. The molecule has 1 heterocycles. The van der Waals surface area contributed by atoms with Gasteiger partial charge in [-0.15, -0.1) is 0 Å². The molecule has 3 heteroatoms. The van der Waals surface area contributed by atoms with Crippen LogP contribution in [0.2, 0.25) is 5.02 Å². The van der Waals surface area contributed by atoms with E-state index in [1.165, 1.54) is 0 Å². The van der Waals surface area contributed by atoms with E-state index in [1.54, 1.807) is 6.20 Å². The molecule has 1 aromatic carbocycles. The maximum Gasteiger partial charge on any atom is 0.0789 e. The van der Waals surface area contributed by atoms with Gasteiger partial charge in [0.2, 0.25) is 0 Å². The summed E-state index contributed by atoms with van der Waals surface area (Å²) in [6.45, 7) is 5.35. The Morgan fingerprint density at radius 2 is 2.21 bits per heavy atom. The van der Waals surface area contributed by atoms with Crippen molar-refractivity contribution in [3.8, 4) is 0 Å². The van der Waals surface area contributed by atoms with Crippen molar-refractivity contribution in [2.75, 3.05) is 6.54 Å². The molecular formula is C16H19ClN2. The standard InChI is InChI=1S/C16H19ClN2/c1-3-10-18-12(2)6-7-13-8-9-15(17)14-5-4-11-19-16(13)14/h4-9,11-12,18H,3,10H2,1-2H3/b7-6+. The van der Waals surface area contributed by atoms with E-state index in [0.717, 1.165) is 34.5 Å². The molecule has 1 unspecified atom stereocenters. The monoisotopic (exact) mass is 274 g/mol. The van der Waals surface area contributed by atoms with Crippen LogP contribution in [0.25, 0.3) is 17.0 Å². The van der Waals surface area contributed by atoms with Crippen molar-refractivity contribution >= 4 is 28.6 Å². The highest BCUT2D eigenvalue weighted by molar-refractivity contribution is 6.35. The van der Waals surface area contributed by atoms with Gasteiger partial charge in [0.05, 0.1) is 10.5 Å². The lowest BCUT2D eigenvalue weighted by molar-refractivity contribution is 0.625. The summed E-state index contributed by atoms with van der Waals surface area (Å²) in [6.07, 6.45) is 7.21. The highest BCUT2D eigenvalue weighted by Gasteiger charge is 2.03. The maximum absolute atomic E-state index is 6.18. The minimum absolute atomic E-state index is 0.356. The van der Waals surface area contributed by atoms with E-state index < -0.39 is 0 Å². The van der Waals surface area contributed by atoms with E-state index in [9.17, 15) is 0 Å². The Bertz CT molecular complexity index is 578. The topological polar surface area (TPSA) is 24.9 Å². The molecule has 0 amide bonds. The second-order valence-corrected chi connectivity index (χ2v) is 5.05. The molecule has 0 fully saturated rings. The van der Waals surface area contributed by atoms with Crippen molar-refractivity contribution in [1.29, 1.82) is 0 Å². The molecule has 19 heavy (non-hydrogen) atoms. The van der Waals surface area contributed by atoms with Gasteiger partial charge in [-0.1, -0.05) is 36.7 Å². The van der Waals surface area contributed by atoms with Crippen molar-refractivity contribution in [2.24, 2.45) is 0 Å². The molecular weight excluding hydrogens is 256 g/mol. The van der Waals surface area contributed by atoms with Crippen LogP contribution in [0.15, 0.2) is 36.5 Å². The SMILES string of the molecule is CCCNC(C)/C=C/c1ccc(Cl)c2cccnc12. The summed E-state index contributed by atoms with van der Waals surface area (Å²) in [6, 6.07) is 8.21. The molecule has 100 valence electrons. The lowest BCUT2D eigenvalue weighted by Crippen LogP contribution is -2.24. The summed E-state index contributed by atoms with van der Waals surface area (Å²) in [5.41, 5.74) is 2.05. The first kappa shape index (κ1) is 14.0. The summed E-state index contributed by atoms with van der Waals surface area (Å²) in [5.74, 6) is 0. The van der Waals surface area contributed by atoms with Gasteiger partial charge in [-0.05, 0) is 38.1 Å². The predicted octanol–water partition coefficient (Wildman–Crippen LogP) is 4.29. The number of nitrogens with one attached hydrogen (secondary N) is 1. The van der Waals surface area contributed by atoms with Crippen molar-refractivity contribution < 1.29 is 0 Å². The van der Waals surface area contributed by atoms with E-state index in [0.29, 0.717) is 6.04 Å². The minimum atomic E-state index is 0.356. The van der Waals surface area contributed by atoms with Crippen LogP contribution in [0.1, 0.15) is 25.8 Å². The van der Waals surface area contributed by atoms with Gasteiger partial charge in [0.15, 0.2) is 0 Å². The normalized spacial score (nSPS) is 13.2. The Morgan fingerprint density at radius 3 is 3.00 bits per heavy atom. The van der Waals surface area contributed by atoms with Crippen LogP contribution in [0.3, 0.4) is 0 Å². The third-order valence-electron chi connectivity index (χ3n) is 3.03. The number of nitrogens with zero attached hydrogens (tertiary/aromatic N) is 1. The van der Waals surface area contributed by atoms with Gasteiger partial charge < -0.3 is 5.32 Å². The van der Waals surface area contributed by atoms with Gasteiger partial charge in [-0.25, -0.2) is 0 Å². The predicted molar refractivity (Wildman–Crippen MR) is 83.5 cm³/mol. The highest BCUT2D eigenvalue weighted by Crippen LogP contribution is 2.25. The van der Waals surface area contributed by atoms with Crippen molar-refractivity contribution in [3.05, 3.63) is 47.1 Å². The number of halogens is 1. The Labute approximate surface area is 119 Å². The summed E-state index contributed by atoms with van der Waals surface area (Å²) < 4.78 is 0. The number of benzene rings is 1. The highest BCUT2D eigenvalue weighted by atomic mass is 35.5. The number of hydrogen-bond donors (Lipinski definition) is 1. The molecule has 0 radical (unpaired) electrons. The quantitative estimate of drug-likeness (QED) is 0.880. The third-order valence-corrected chi connectivity index (χ3v) is 3.36. The summed E-state index contributed by atoms with van der Waals surface area (Å²) in [4.78, 5) is 4.43. The number of rotatable bonds is 5. The first-order valence-corrected chi connectivity index (χ1v) is 7.05. The average molecular weight is 275 g/mol. The van der Waals surface area contributed by atoms with Crippen molar-refractivity contribution in [1.82, 2.24) is 10.3 Å². The summed E-state index contributed by atoms with van der Waals surface area (Å²) >= 11 is 6.18. The molecule has 2 aromatic rings. The molecule has 0 bridgehead atoms. The molecule has 0 aliphatic carbocycles. The number of aromatic nitrogens is 1. The molecule has 1 N–H and O–H groups in total. The molecule has 0 aliphatic heterocycles. The van der Waals surface area contributed by atoms with E-state index in [1.807, 2.05) is 24.3 Å². The van der Waals surface area contributed by atoms with Crippen LogP contribution in [0.5, 0.6) is 0 Å². The molecule has 0 saturated carbocycles. The van der Waals surface area contributed by atoms with Crippen LogP contribution in [0, 0.1) is 0 Å². The fourth-order valence-electron chi connectivity index (χ4n) is 1.98. The smallest absolute Gasteiger partial charge is 0.0789 e. The van der Waals surface area contributed by atoms with Crippen LogP contribution in [0.4, 0.5) is 0 Å². The summed E-state index contributed by atoms with van der Waals surface area (Å²) in [7, 11) is 0. The van der Waals surface area contributed by atoms with Crippen LogP contribution >= 0.6 is 11.6 Å². The Balaban J connectivity index is 2.26. The van der Waals surface area contributed by atoms with E-state index in [2.05, 4.69) is 36.3 Å². The van der Waals surface area contributed by atoms with Gasteiger partial charge in [-0.2, -0.15) is 0 Å². The Morgan fingerprint density at radius 1 is 1.37 bits per heavy atom.